The molecule has 4 heteroatoms. The SMILES string of the molecule is CC[C@H](C)CO[PH](=O)N(C)C. The van der Waals surface area contributed by atoms with Crippen LogP contribution in [-0.4, -0.2) is 25.4 Å². The highest BCUT2D eigenvalue weighted by atomic mass is 31.1. The average Bonchev–Trinajstić information content (AvgIpc) is 1.99. The van der Waals surface area contributed by atoms with Crippen molar-refractivity contribution in [3.8, 4) is 0 Å². The zero-order valence-electron chi connectivity index (χ0n) is 7.76. The Kier molecular flexibility index (Phi) is 5.83. The van der Waals surface area contributed by atoms with Gasteiger partial charge in [-0.25, -0.2) is 4.67 Å². The van der Waals surface area contributed by atoms with Gasteiger partial charge in [-0.3, -0.25) is 4.57 Å². The normalized spacial score (nSPS) is 16.8. The van der Waals surface area contributed by atoms with Gasteiger partial charge in [-0.05, 0) is 20.0 Å². The van der Waals surface area contributed by atoms with Crippen molar-refractivity contribution in [2.45, 2.75) is 20.3 Å². The van der Waals surface area contributed by atoms with Crippen LogP contribution in [0.15, 0.2) is 0 Å². The van der Waals surface area contributed by atoms with Crippen molar-refractivity contribution in [3.05, 3.63) is 0 Å². The maximum Gasteiger partial charge on any atom is 0.260 e. The summed E-state index contributed by atoms with van der Waals surface area (Å²) in [6.07, 6.45) is 1.07. The quantitative estimate of drug-likeness (QED) is 0.604. The molecule has 0 heterocycles. The van der Waals surface area contributed by atoms with Crippen molar-refractivity contribution >= 4 is 8.18 Å². The van der Waals surface area contributed by atoms with Crippen molar-refractivity contribution in [2.24, 2.45) is 5.92 Å². The highest BCUT2D eigenvalue weighted by molar-refractivity contribution is 7.36. The van der Waals surface area contributed by atoms with E-state index < -0.39 is 8.18 Å². The molecule has 11 heavy (non-hydrogen) atoms. The Bertz CT molecular complexity index is 128. The molecule has 0 aromatic heterocycles. The van der Waals surface area contributed by atoms with E-state index in [0.717, 1.165) is 6.42 Å². The predicted octanol–water partition coefficient (Wildman–Crippen LogP) is 2.00. The molecule has 1 unspecified atom stereocenters. The molecule has 2 atom stereocenters. The van der Waals surface area contributed by atoms with Gasteiger partial charge in [0.05, 0.1) is 6.61 Å². The van der Waals surface area contributed by atoms with Gasteiger partial charge in [0, 0.05) is 0 Å². The molecule has 0 fully saturated rings. The summed E-state index contributed by atoms with van der Waals surface area (Å²) in [5.41, 5.74) is 0. The van der Waals surface area contributed by atoms with Crippen LogP contribution in [0.3, 0.4) is 0 Å². The molecule has 0 aliphatic rings. The summed E-state index contributed by atoms with van der Waals surface area (Å²) < 4.78 is 17.8. The molecule has 0 aromatic carbocycles. The van der Waals surface area contributed by atoms with Gasteiger partial charge in [-0.15, -0.1) is 0 Å². The molecule has 0 bridgehead atoms. The zero-order valence-corrected chi connectivity index (χ0v) is 8.76. The molecular formula is C7H18NO2P. The molecule has 0 aromatic rings. The number of hydrogen-bond donors (Lipinski definition) is 0. The minimum Gasteiger partial charge on any atom is -0.319 e. The number of nitrogens with zero attached hydrogens (tertiary/aromatic N) is 1. The Morgan fingerprint density at radius 3 is 2.45 bits per heavy atom. The molecule has 0 saturated heterocycles. The smallest absolute Gasteiger partial charge is 0.260 e. The molecule has 0 aliphatic carbocycles. The Morgan fingerprint density at radius 2 is 2.09 bits per heavy atom. The molecule has 0 aliphatic heterocycles. The lowest BCUT2D eigenvalue weighted by molar-refractivity contribution is 0.250. The van der Waals surface area contributed by atoms with Crippen LogP contribution in [0.1, 0.15) is 20.3 Å². The average molecular weight is 179 g/mol. The summed E-state index contributed by atoms with van der Waals surface area (Å²) in [6, 6.07) is 0. The predicted molar refractivity (Wildman–Crippen MR) is 48.1 cm³/mol. The summed E-state index contributed by atoms with van der Waals surface area (Å²) in [5, 5.41) is 0. The summed E-state index contributed by atoms with van der Waals surface area (Å²) in [6.45, 7) is 4.79. The van der Waals surface area contributed by atoms with Crippen molar-refractivity contribution in [3.63, 3.8) is 0 Å². The summed E-state index contributed by atoms with van der Waals surface area (Å²) in [7, 11) is 1.60. The second kappa shape index (κ2) is 5.76. The fourth-order valence-electron chi connectivity index (χ4n) is 0.460. The standard InChI is InChI=1S/C7H18NO2P/c1-5-7(2)6-10-11(9)8(3)4/h7,11H,5-6H2,1-4H3/t7-/m0/s1. The Balaban J connectivity index is 3.46. The minimum absolute atomic E-state index is 0.504. The second-order valence-corrected chi connectivity index (χ2v) is 4.70. The largest absolute Gasteiger partial charge is 0.319 e. The van der Waals surface area contributed by atoms with E-state index in [1.165, 1.54) is 0 Å². The lowest BCUT2D eigenvalue weighted by atomic mass is 10.1. The first kappa shape index (κ1) is 11.2. The van der Waals surface area contributed by atoms with Crippen LogP contribution in [0.25, 0.3) is 0 Å². The first-order valence-corrected chi connectivity index (χ1v) is 5.18. The number of hydrogen-bond acceptors (Lipinski definition) is 2. The maximum absolute atomic E-state index is 11.1. The highest BCUT2D eigenvalue weighted by Crippen LogP contribution is 2.25. The number of rotatable bonds is 5. The topological polar surface area (TPSA) is 29.5 Å². The van der Waals surface area contributed by atoms with E-state index in [0.29, 0.717) is 12.5 Å². The monoisotopic (exact) mass is 179 g/mol. The lowest BCUT2D eigenvalue weighted by Gasteiger charge is -2.12. The third-order valence-electron chi connectivity index (χ3n) is 1.55. The molecule has 0 rings (SSSR count). The third-order valence-corrected chi connectivity index (χ3v) is 2.70. The summed E-state index contributed by atoms with van der Waals surface area (Å²) in [4.78, 5) is 0. The van der Waals surface area contributed by atoms with E-state index in [9.17, 15) is 4.57 Å². The van der Waals surface area contributed by atoms with Crippen LogP contribution in [0, 0.1) is 5.92 Å². The molecular weight excluding hydrogens is 161 g/mol. The van der Waals surface area contributed by atoms with Gasteiger partial charge >= 0.3 is 0 Å². The fraction of sp³-hybridized carbons (Fsp3) is 1.00. The fourth-order valence-corrected chi connectivity index (χ4v) is 1.15. The Hall–Kier alpha value is 0.150. The summed E-state index contributed by atoms with van der Waals surface area (Å²) >= 11 is 0. The van der Waals surface area contributed by atoms with E-state index >= 15 is 0 Å². The van der Waals surface area contributed by atoms with Crippen LogP contribution in [-0.2, 0) is 9.09 Å². The summed E-state index contributed by atoms with van der Waals surface area (Å²) in [5.74, 6) is 0.504. The highest BCUT2D eigenvalue weighted by Gasteiger charge is 2.04. The van der Waals surface area contributed by atoms with Crippen molar-refractivity contribution in [1.82, 2.24) is 4.67 Å². The molecule has 0 amide bonds. The second-order valence-electron chi connectivity index (χ2n) is 2.98. The van der Waals surface area contributed by atoms with Crippen LogP contribution in [0.4, 0.5) is 0 Å². The van der Waals surface area contributed by atoms with Crippen LogP contribution in [0.2, 0.25) is 0 Å². The Morgan fingerprint density at radius 1 is 1.55 bits per heavy atom. The maximum atomic E-state index is 11.1. The van der Waals surface area contributed by atoms with Crippen LogP contribution < -0.4 is 0 Å². The van der Waals surface area contributed by atoms with E-state index in [1.54, 1.807) is 18.8 Å². The van der Waals surface area contributed by atoms with Crippen LogP contribution in [0.5, 0.6) is 0 Å². The molecule has 68 valence electrons. The molecule has 0 radical (unpaired) electrons. The first-order chi connectivity index (χ1) is 5.07. The van der Waals surface area contributed by atoms with Crippen molar-refractivity contribution < 1.29 is 9.09 Å². The van der Waals surface area contributed by atoms with Crippen LogP contribution >= 0.6 is 8.18 Å². The molecule has 0 N–H and O–H groups in total. The van der Waals surface area contributed by atoms with Crippen molar-refractivity contribution in [2.75, 3.05) is 20.7 Å². The van der Waals surface area contributed by atoms with E-state index in [4.69, 9.17) is 4.52 Å². The van der Waals surface area contributed by atoms with Gasteiger partial charge in [0.25, 0.3) is 8.18 Å². The van der Waals surface area contributed by atoms with E-state index in [-0.39, 0.29) is 0 Å². The van der Waals surface area contributed by atoms with Crippen molar-refractivity contribution in [1.29, 1.82) is 0 Å². The molecule has 3 nitrogen and oxygen atoms in total. The molecule has 0 saturated carbocycles. The Labute approximate surface area is 69.6 Å². The minimum atomic E-state index is -1.93. The van der Waals surface area contributed by atoms with E-state index in [2.05, 4.69) is 13.8 Å². The van der Waals surface area contributed by atoms with Gasteiger partial charge in [-0.1, -0.05) is 20.3 Å². The zero-order chi connectivity index (χ0) is 8.85. The van der Waals surface area contributed by atoms with Gasteiger partial charge < -0.3 is 4.52 Å². The van der Waals surface area contributed by atoms with Gasteiger partial charge in [-0.2, -0.15) is 0 Å². The first-order valence-electron chi connectivity index (χ1n) is 3.92. The molecule has 0 spiro atoms. The van der Waals surface area contributed by atoms with E-state index in [1.807, 2.05) is 0 Å². The third kappa shape index (κ3) is 5.42. The van der Waals surface area contributed by atoms with Gasteiger partial charge in [0.1, 0.15) is 0 Å². The van der Waals surface area contributed by atoms with Gasteiger partial charge in [0.2, 0.25) is 0 Å². The van der Waals surface area contributed by atoms with Gasteiger partial charge in [0.15, 0.2) is 0 Å². The lowest BCUT2D eigenvalue weighted by Crippen LogP contribution is -2.06.